The summed E-state index contributed by atoms with van der Waals surface area (Å²) in [6.07, 6.45) is 0. The molecule has 0 atom stereocenters. The topological polar surface area (TPSA) is 68.0 Å². The van der Waals surface area contributed by atoms with Gasteiger partial charge in [0.15, 0.2) is 5.82 Å². The number of anilines is 1. The second-order valence-electron chi connectivity index (χ2n) is 5.43. The van der Waals surface area contributed by atoms with Gasteiger partial charge >= 0.3 is 0 Å². The molecule has 0 radical (unpaired) electrons. The number of rotatable bonds is 5. The molecule has 0 unspecified atom stereocenters. The summed E-state index contributed by atoms with van der Waals surface area (Å²) in [5.41, 5.74) is 2.40. The van der Waals surface area contributed by atoms with Crippen molar-refractivity contribution in [3.63, 3.8) is 0 Å². The molecular formula is C18H16BrN3O2S. The highest BCUT2D eigenvalue weighted by atomic mass is 79.9. The first-order valence-electron chi connectivity index (χ1n) is 7.61. The summed E-state index contributed by atoms with van der Waals surface area (Å²) in [5.74, 6) is 1.52. The van der Waals surface area contributed by atoms with Crippen molar-refractivity contribution < 1.29 is 9.32 Å². The molecule has 1 aromatic heterocycles. The van der Waals surface area contributed by atoms with Crippen LogP contribution in [0.1, 0.15) is 27.6 Å². The van der Waals surface area contributed by atoms with Crippen LogP contribution < -0.4 is 5.32 Å². The van der Waals surface area contributed by atoms with E-state index in [9.17, 15) is 4.79 Å². The summed E-state index contributed by atoms with van der Waals surface area (Å²) in [5, 5.41) is 6.75. The molecule has 0 bridgehead atoms. The van der Waals surface area contributed by atoms with Gasteiger partial charge in [-0.2, -0.15) is 4.98 Å². The summed E-state index contributed by atoms with van der Waals surface area (Å²) in [6.45, 7) is 3.73. The fourth-order valence-electron chi connectivity index (χ4n) is 2.28. The van der Waals surface area contributed by atoms with Crippen molar-refractivity contribution in [2.24, 2.45) is 0 Å². The number of thioether (sulfide) groups is 1. The third-order valence-corrected chi connectivity index (χ3v) is 5.04. The van der Waals surface area contributed by atoms with Crippen LogP contribution in [0.3, 0.4) is 0 Å². The number of carbonyl (C=O) groups is 1. The van der Waals surface area contributed by atoms with Gasteiger partial charge in [-0.15, -0.1) is 11.8 Å². The molecule has 25 heavy (non-hydrogen) atoms. The number of amides is 1. The number of benzene rings is 2. The van der Waals surface area contributed by atoms with Gasteiger partial charge < -0.3 is 9.84 Å². The van der Waals surface area contributed by atoms with Gasteiger partial charge in [-0.3, -0.25) is 4.79 Å². The number of aryl methyl sites for hydroxylation is 2. The molecular weight excluding hydrogens is 402 g/mol. The Morgan fingerprint density at radius 1 is 1.24 bits per heavy atom. The molecule has 0 fully saturated rings. The molecule has 1 heterocycles. The van der Waals surface area contributed by atoms with Gasteiger partial charge in [0, 0.05) is 15.1 Å². The van der Waals surface area contributed by atoms with E-state index >= 15 is 0 Å². The quantitative estimate of drug-likeness (QED) is 0.591. The van der Waals surface area contributed by atoms with Crippen LogP contribution in [0.5, 0.6) is 0 Å². The molecule has 7 heteroatoms. The SMILES string of the molecule is Cc1noc(CSc2ccccc2C(=O)Nc2ccc(Br)cc2C)n1. The Morgan fingerprint density at radius 3 is 2.76 bits per heavy atom. The van der Waals surface area contributed by atoms with Crippen molar-refractivity contribution in [2.45, 2.75) is 24.5 Å². The average molecular weight is 418 g/mol. The Bertz CT molecular complexity index is 911. The first-order chi connectivity index (χ1) is 12.0. The van der Waals surface area contributed by atoms with Gasteiger partial charge in [0.05, 0.1) is 11.3 Å². The maximum atomic E-state index is 12.7. The highest BCUT2D eigenvalue weighted by molar-refractivity contribution is 9.10. The molecule has 0 aliphatic carbocycles. The number of nitrogens with one attached hydrogen (secondary N) is 1. The predicted octanol–water partition coefficient (Wildman–Crippen LogP) is 4.99. The van der Waals surface area contributed by atoms with E-state index in [1.807, 2.05) is 49.4 Å². The molecule has 0 aliphatic rings. The van der Waals surface area contributed by atoms with Crippen molar-refractivity contribution in [2.75, 3.05) is 5.32 Å². The lowest BCUT2D eigenvalue weighted by Crippen LogP contribution is -2.13. The highest BCUT2D eigenvalue weighted by Crippen LogP contribution is 2.27. The molecule has 1 amide bonds. The lowest BCUT2D eigenvalue weighted by atomic mass is 10.1. The maximum Gasteiger partial charge on any atom is 0.256 e. The lowest BCUT2D eigenvalue weighted by molar-refractivity contribution is 0.102. The van der Waals surface area contributed by atoms with E-state index < -0.39 is 0 Å². The zero-order chi connectivity index (χ0) is 17.8. The molecule has 0 saturated heterocycles. The Labute approximate surface area is 158 Å². The normalized spacial score (nSPS) is 10.7. The number of hydrogen-bond acceptors (Lipinski definition) is 5. The average Bonchev–Trinajstić information content (AvgIpc) is 3.01. The van der Waals surface area contributed by atoms with E-state index in [1.165, 1.54) is 11.8 Å². The Kier molecular flexibility index (Phi) is 5.55. The number of hydrogen-bond donors (Lipinski definition) is 1. The van der Waals surface area contributed by atoms with E-state index in [2.05, 4.69) is 31.4 Å². The van der Waals surface area contributed by atoms with E-state index in [0.717, 1.165) is 20.6 Å². The predicted molar refractivity (Wildman–Crippen MR) is 102 cm³/mol. The fourth-order valence-corrected chi connectivity index (χ4v) is 3.64. The number of aromatic nitrogens is 2. The van der Waals surface area contributed by atoms with E-state index in [1.54, 1.807) is 6.92 Å². The van der Waals surface area contributed by atoms with Gasteiger partial charge in [0.2, 0.25) is 5.89 Å². The van der Waals surface area contributed by atoms with Gasteiger partial charge in [0.1, 0.15) is 0 Å². The summed E-state index contributed by atoms with van der Waals surface area (Å²) in [6, 6.07) is 13.2. The molecule has 3 aromatic rings. The Hall–Kier alpha value is -2.12. The minimum atomic E-state index is -0.143. The molecule has 128 valence electrons. The maximum absolute atomic E-state index is 12.7. The zero-order valence-corrected chi connectivity index (χ0v) is 16.1. The monoisotopic (exact) mass is 417 g/mol. The van der Waals surface area contributed by atoms with Crippen molar-refractivity contribution in [1.29, 1.82) is 0 Å². The third kappa shape index (κ3) is 4.49. The van der Waals surface area contributed by atoms with E-state index in [4.69, 9.17) is 4.52 Å². The first-order valence-corrected chi connectivity index (χ1v) is 9.39. The zero-order valence-electron chi connectivity index (χ0n) is 13.7. The molecule has 0 spiro atoms. The standard InChI is InChI=1S/C18H16BrN3O2S/c1-11-9-13(19)7-8-15(11)21-18(23)14-5-3-4-6-16(14)25-10-17-20-12(2)22-24-17/h3-9H,10H2,1-2H3,(H,21,23). The van der Waals surface area contributed by atoms with Crippen LogP contribution >= 0.6 is 27.7 Å². The van der Waals surface area contributed by atoms with Crippen LogP contribution in [0.25, 0.3) is 0 Å². The van der Waals surface area contributed by atoms with E-state index in [-0.39, 0.29) is 5.91 Å². The van der Waals surface area contributed by atoms with Crippen LogP contribution in [-0.4, -0.2) is 16.0 Å². The fraction of sp³-hybridized carbons (Fsp3) is 0.167. The van der Waals surface area contributed by atoms with Crippen molar-refractivity contribution >= 4 is 39.3 Å². The Balaban J connectivity index is 1.76. The van der Waals surface area contributed by atoms with Gasteiger partial charge in [-0.05, 0) is 49.7 Å². The summed E-state index contributed by atoms with van der Waals surface area (Å²) in [4.78, 5) is 17.8. The van der Waals surface area contributed by atoms with Gasteiger partial charge in [-0.1, -0.05) is 33.2 Å². The van der Waals surface area contributed by atoms with E-state index in [0.29, 0.717) is 23.0 Å². The second kappa shape index (κ2) is 7.84. The second-order valence-corrected chi connectivity index (χ2v) is 7.37. The van der Waals surface area contributed by atoms with Crippen molar-refractivity contribution in [1.82, 2.24) is 10.1 Å². The Morgan fingerprint density at radius 2 is 2.04 bits per heavy atom. The highest BCUT2D eigenvalue weighted by Gasteiger charge is 2.14. The molecule has 2 aromatic carbocycles. The number of nitrogens with zero attached hydrogens (tertiary/aromatic N) is 2. The number of halogens is 1. The van der Waals surface area contributed by atoms with Crippen molar-refractivity contribution in [3.05, 3.63) is 69.8 Å². The van der Waals surface area contributed by atoms with Gasteiger partial charge in [-0.25, -0.2) is 0 Å². The summed E-state index contributed by atoms with van der Waals surface area (Å²) in [7, 11) is 0. The molecule has 5 nitrogen and oxygen atoms in total. The minimum Gasteiger partial charge on any atom is -0.338 e. The summed E-state index contributed by atoms with van der Waals surface area (Å²) < 4.78 is 6.10. The smallest absolute Gasteiger partial charge is 0.256 e. The minimum absolute atomic E-state index is 0.143. The van der Waals surface area contributed by atoms with Gasteiger partial charge in [0.25, 0.3) is 5.91 Å². The molecule has 3 rings (SSSR count). The molecule has 0 aliphatic heterocycles. The molecule has 0 saturated carbocycles. The summed E-state index contributed by atoms with van der Waals surface area (Å²) >= 11 is 4.92. The van der Waals surface area contributed by atoms with Crippen LogP contribution in [0.2, 0.25) is 0 Å². The first kappa shape index (κ1) is 17.7. The number of carbonyl (C=O) groups excluding carboxylic acids is 1. The van der Waals surface area contributed by atoms with Crippen LogP contribution in [0.15, 0.2) is 56.4 Å². The van der Waals surface area contributed by atoms with Crippen LogP contribution in [-0.2, 0) is 5.75 Å². The molecule has 1 N–H and O–H groups in total. The van der Waals surface area contributed by atoms with Crippen LogP contribution in [0, 0.1) is 13.8 Å². The van der Waals surface area contributed by atoms with Crippen molar-refractivity contribution in [3.8, 4) is 0 Å². The van der Waals surface area contributed by atoms with Crippen LogP contribution in [0.4, 0.5) is 5.69 Å². The third-order valence-electron chi connectivity index (χ3n) is 3.49. The lowest BCUT2D eigenvalue weighted by Gasteiger charge is -2.11. The largest absolute Gasteiger partial charge is 0.338 e.